The van der Waals surface area contributed by atoms with E-state index in [4.69, 9.17) is 0 Å². The van der Waals surface area contributed by atoms with Crippen LogP contribution in [0.2, 0.25) is 0 Å². The molecule has 144 valence electrons. The summed E-state index contributed by atoms with van der Waals surface area (Å²) in [5.41, 5.74) is 0.277. The molecule has 0 radical (unpaired) electrons. The van der Waals surface area contributed by atoms with Crippen molar-refractivity contribution in [1.29, 1.82) is 0 Å². The highest BCUT2D eigenvalue weighted by Crippen LogP contribution is 2.13. The second-order valence-corrected chi connectivity index (χ2v) is 7.71. The number of Topliss-reactive ketones (excluding diaryl/α,β-unsaturated/α-hetero) is 1. The molecule has 0 heterocycles. The number of sulfonamides is 1. The fraction of sp³-hybridized carbons (Fsp3) is 0.222. The number of amides is 1. The molecule has 0 aliphatic heterocycles. The van der Waals surface area contributed by atoms with Crippen molar-refractivity contribution in [2.24, 2.45) is 5.92 Å². The van der Waals surface area contributed by atoms with Gasteiger partial charge in [0, 0.05) is 5.56 Å². The Balaban J connectivity index is 1.88. The Labute approximate surface area is 155 Å². The first kappa shape index (κ1) is 20.5. The van der Waals surface area contributed by atoms with Crippen molar-refractivity contribution in [3.05, 3.63) is 65.7 Å². The lowest BCUT2D eigenvalue weighted by Gasteiger charge is -2.13. The van der Waals surface area contributed by atoms with Crippen LogP contribution in [-0.2, 0) is 14.8 Å². The molecule has 1 unspecified atom stereocenters. The van der Waals surface area contributed by atoms with Crippen LogP contribution in [0, 0.1) is 17.6 Å². The number of rotatable bonds is 8. The van der Waals surface area contributed by atoms with Crippen LogP contribution in [0.1, 0.15) is 17.3 Å². The molecule has 1 atom stereocenters. The average molecular weight is 396 g/mol. The van der Waals surface area contributed by atoms with Gasteiger partial charge in [-0.05, 0) is 42.5 Å². The van der Waals surface area contributed by atoms with Gasteiger partial charge >= 0.3 is 0 Å². The van der Waals surface area contributed by atoms with E-state index < -0.39 is 45.0 Å². The summed E-state index contributed by atoms with van der Waals surface area (Å²) in [4.78, 5) is 24.0. The Morgan fingerprint density at radius 2 is 1.70 bits per heavy atom. The van der Waals surface area contributed by atoms with Crippen LogP contribution in [0.25, 0.3) is 0 Å². The number of nitrogens with one attached hydrogen (secondary N) is 2. The smallest absolute Gasteiger partial charge is 0.233 e. The fourth-order valence-electron chi connectivity index (χ4n) is 2.26. The van der Waals surface area contributed by atoms with Gasteiger partial charge in [-0.15, -0.1) is 0 Å². The first-order valence-corrected chi connectivity index (χ1v) is 9.64. The van der Waals surface area contributed by atoms with E-state index in [2.05, 4.69) is 10.0 Å². The Morgan fingerprint density at radius 1 is 1.04 bits per heavy atom. The Morgan fingerprint density at radius 3 is 2.33 bits per heavy atom. The lowest BCUT2D eigenvalue weighted by atomic mass is 10.1. The van der Waals surface area contributed by atoms with E-state index in [9.17, 15) is 26.8 Å². The third-order valence-electron chi connectivity index (χ3n) is 3.60. The van der Waals surface area contributed by atoms with E-state index in [-0.39, 0.29) is 17.8 Å². The SMILES string of the molecule is CC(CS(=O)(=O)Nc1cccc(F)c1)C(=O)NCC(=O)c1ccc(F)cc1. The van der Waals surface area contributed by atoms with Gasteiger partial charge < -0.3 is 5.32 Å². The van der Waals surface area contributed by atoms with Crippen LogP contribution in [0.5, 0.6) is 0 Å². The first-order valence-electron chi connectivity index (χ1n) is 7.99. The third kappa shape index (κ3) is 6.45. The van der Waals surface area contributed by atoms with Crippen LogP contribution in [0.4, 0.5) is 14.5 Å². The van der Waals surface area contributed by atoms with Crippen molar-refractivity contribution >= 4 is 27.4 Å². The van der Waals surface area contributed by atoms with Crippen molar-refractivity contribution in [1.82, 2.24) is 5.32 Å². The third-order valence-corrected chi connectivity index (χ3v) is 5.09. The van der Waals surface area contributed by atoms with Gasteiger partial charge in [-0.1, -0.05) is 13.0 Å². The topological polar surface area (TPSA) is 92.3 Å². The number of carbonyl (C=O) groups is 2. The van der Waals surface area contributed by atoms with Crippen LogP contribution < -0.4 is 10.0 Å². The summed E-state index contributed by atoms with van der Waals surface area (Å²) in [5.74, 6) is -3.64. The van der Waals surface area contributed by atoms with E-state index in [1.165, 1.54) is 37.3 Å². The number of carbonyl (C=O) groups excluding carboxylic acids is 2. The second-order valence-electron chi connectivity index (χ2n) is 5.94. The first-order chi connectivity index (χ1) is 12.7. The molecule has 9 heteroatoms. The summed E-state index contributed by atoms with van der Waals surface area (Å²) in [5, 5.41) is 2.36. The molecule has 0 aromatic heterocycles. The van der Waals surface area contributed by atoms with Gasteiger partial charge in [-0.3, -0.25) is 14.3 Å². The Kier molecular flexibility index (Phi) is 6.62. The number of hydrogen-bond acceptors (Lipinski definition) is 4. The standard InChI is InChI=1S/C18H18F2N2O4S/c1-12(11-27(25,26)22-16-4-2-3-15(20)9-16)18(24)21-10-17(23)13-5-7-14(19)8-6-13/h2-9,12,22H,10-11H2,1H3,(H,21,24). The van der Waals surface area contributed by atoms with E-state index in [0.29, 0.717) is 0 Å². The highest BCUT2D eigenvalue weighted by molar-refractivity contribution is 7.92. The molecule has 2 rings (SSSR count). The molecule has 0 aliphatic carbocycles. The van der Waals surface area contributed by atoms with Gasteiger partial charge in [0.15, 0.2) is 5.78 Å². The average Bonchev–Trinajstić information content (AvgIpc) is 2.59. The molecule has 0 fully saturated rings. The van der Waals surface area contributed by atoms with E-state index >= 15 is 0 Å². The molecule has 0 spiro atoms. The molecule has 0 saturated carbocycles. The normalized spacial score (nSPS) is 12.3. The zero-order valence-corrected chi connectivity index (χ0v) is 15.2. The minimum Gasteiger partial charge on any atom is -0.348 e. The number of ketones is 1. The molecule has 6 nitrogen and oxygen atoms in total. The van der Waals surface area contributed by atoms with E-state index in [1.807, 2.05) is 0 Å². The highest BCUT2D eigenvalue weighted by atomic mass is 32.2. The van der Waals surface area contributed by atoms with Crippen LogP contribution in [0.3, 0.4) is 0 Å². The number of halogens is 2. The molecular formula is C18H18F2N2O4S. The second kappa shape index (κ2) is 8.72. The summed E-state index contributed by atoms with van der Waals surface area (Å²) >= 11 is 0. The maximum absolute atomic E-state index is 13.1. The lowest BCUT2D eigenvalue weighted by Crippen LogP contribution is -2.37. The van der Waals surface area contributed by atoms with E-state index in [0.717, 1.165) is 18.2 Å². The molecule has 0 saturated heterocycles. The minimum atomic E-state index is -3.90. The fourth-order valence-corrected chi connectivity index (χ4v) is 3.64. The number of anilines is 1. The molecular weight excluding hydrogens is 378 g/mol. The highest BCUT2D eigenvalue weighted by Gasteiger charge is 2.22. The van der Waals surface area contributed by atoms with Gasteiger partial charge in [0.05, 0.1) is 23.9 Å². The molecule has 0 bridgehead atoms. The molecule has 2 aromatic carbocycles. The molecule has 1 amide bonds. The lowest BCUT2D eigenvalue weighted by molar-refractivity contribution is -0.123. The molecule has 2 N–H and O–H groups in total. The largest absolute Gasteiger partial charge is 0.348 e. The molecule has 27 heavy (non-hydrogen) atoms. The zero-order chi connectivity index (χ0) is 20.0. The summed E-state index contributed by atoms with van der Waals surface area (Å²) in [6.07, 6.45) is 0. The van der Waals surface area contributed by atoms with Gasteiger partial charge in [0.1, 0.15) is 11.6 Å². The predicted molar refractivity (Wildman–Crippen MR) is 96.7 cm³/mol. The Hall–Kier alpha value is -2.81. The van der Waals surface area contributed by atoms with Crippen LogP contribution in [-0.4, -0.2) is 32.4 Å². The summed E-state index contributed by atoms with van der Waals surface area (Å²) in [6.45, 7) is 1.05. The number of hydrogen-bond donors (Lipinski definition) is 2. The van der Waals surface area contributed by atoms with Gasteiger partial charge in [0.2, 0.25) is 15.9 Å². The van der Waals surface area contributed by atoms with Gasteiger partial charge in [-0.25, -0.2) is 17.2 Å². The zero-order valence-electron chi connectivity index (χ0n) is 14.4. The van der Waals surface area contributed by atoms with Gasteiger partial charge in [0.25, 0.3) is 0 Å². The summed E-state index contributed by atoms with van der Waals surface area (Å²) in [6, 6.07) is 9.76. The van der Waals surface area contributed by atoms with Crippen molar-refractivity contribution in [2.45, 2.75) is 6.92 Å². The van der Waals surface area contributed by atoms with E-state index in [1.54, 1.807) is 0 Å². The van der Waals surface area contributed by atoms with Gasteiger partial charge in [-0.2, -0.15) is 0 Å². The maximum Gasteiger partial charge on any atom is 0.233 e. The van der Waals surface area contributed by atoms with Crippen molar-refractivity contribution < 1.29 is 26.8 Å². The van der Waals surface area contributed by atoms with Crippen LogP contribution >= 0.6 is 0 Å². The van der Waals surface area contributed by atoms with Crippen molar-refractivity contribution in [3.8, 4) is 0 Å². The molecule has 2 aromatic rings. The summed E-state index contributed by atoms with van der Waals surface area (Å²) < 4.78 is 52.4. The molecule has 0 aliphatic rings. The summed E-state index contributed by atoms with van der Waals surface area (Å²) in [7, 11) is -3.90. The van der Waals surface area contributed by atoms with Crippen molar-refractivity contribution in [2.75, 3.05) is 17.0 Å². The monoisotopic (exact) mass is 396 g/mol. The number of benzene rings is 2. The minimum absolute atomic E-state index is 0.0501. The Bertz CT molecular complexity index is 931. The van der Waals surface area contributed by atoms with Crippen LogP contribution in [0.15, 0.2) is 48.5 Å². The van der Waals surface area contributed by atoms with Crippen molar-refractivity contribution in [3.63, 3.8) is 0 Å². The quantitative estimate of drug-likeness (QED) is 0.670. The predicted octanol–water partition coefficient (Wildman–Crippen LogP) is 2.34. The maximum atomic E-state index is 13.1.